The number of aliphatic hydroxyl groups is 1. The van der Waals surface area contributed by atoms with Crippen LogP contribution in [0.4, 0.5) is 0 Å². The summed E-state index contributed by atoms with van der Waals surface area (Å²) in [6.07, 6.45) is -0.495. The van der Waals surface area contributed by atoms with Gasteiger partial charge in [0.25, 0.3) is 0 Å². The molecule has 0 spiro atoms. The molecule has 2 aromatic carbocycles. The Morgan fingerprint density at radius 1 is 1.10 bits per heavy atom. The van der Waals surface area contributed by atoms with Crippen molar-refractivity contribution < 1.29 is 14.6 Å². The maximum Gasteiger partial charge on any atom is 0.120 e. The Hall–Kier alpha value is -2.10. The van der Waals surface area contributed by atoms with E-state index in [4.69, 9.17) is 9.47 Å². The second-order valence-corrected chi connectivity index (χ2v) is 9.71. The number of nitrogens with zero attached hydrogens (tertiary/aromatic N) is 2. The molecule has 2 saturated heterocycles. The Bertz CT molecular complexity index is 945. The van der Waals surface area contributed by atoms with Gasteiger partial charge in [-0.3, -0.25) is 9.80 Å². The molecule has 31 heavy (non-hydrogen) atoms. The van der Waals surface area contributed by atoms with Crippen LogP contribution in [0.15, 0.2) is 36.4 Å². The van der Waals surface area contributed by atoms with Crippen LogP contribution in [-0.2, 0) is 4.74 Å². The first-order chi connectivity index (χ1) is 14.9. The number of fused-ring (bicyclic) bond motifs is 1. The molecule has 0 saturated carbocycles. The minimum absolute atomic E-state index is 0.0191. The van der Waals surface area contributed by atoms with E-state index in [0.29, 0.717) is 19.2 Å². The topological polar surface area (TPSA) is 45.2 Å². The zero-order valence-corrected chi connectivity index (χ0v) is 18.9. The van der Waals surface area contributed by atoms with Gasteiger partial charge in [0.15, 0.2) is 0 Å². The first-order valence-corrected chi connectivity index (χ1v) is 11.3. The molecule has 2 fully saturated rings. The Kier molecular flexibility index (Phi) is 6.83. The molecule has 2 aliphatic rings. The van der Waals surface area contributed by atoms with Gasteiger partial charge in [-0.15, -0.1) is 0 Å². The largest absolute Gasteiger partial charge is 0.491 e. The molecule has 1 atom stereocenters. The van der Waals surface area contributed by atoms with Gasteiger partial charge >= 0.3 is 0 Å². The zero-order chi connectivity index (χ0) is 21.8. The lowest BCUT2D eigenvalue weighted by molar-refractivity contribution is -0.0461. The van der Waals surface area contributed by atoms with Crippen molar-refractivity contribution in [3.63, 3.8) is 0 Å². The number of β-amino-alcohol motifs (C(OH)–C–C–N with tert-alkyl or cyclic N) is 1. The highest BCUT2D eigenvalue weighted by molar-refractivity contribution is 5.85. The highest BCUT2D eigenvalue weighted by Crippen LogP contribution is 2.23. The predicted octanol–water partition coefficient (Wildman–Crippen LogP) is 2.99. The minimum atomic E-state index is -0.495. The molecule has 2 aromatic rings. The normalized spacial score (nSPS) is 19.5. The van der Waals surface area contributed by atoms with Gasteiger partial charge in [0.05, 0.1) is 13.2 Å². The summed E-state index contributed by atoms with van der Waals surface area (Å²) in [6, 6.07) is 12.9. The summed E-state index contributed by atoms with van der Waals surface area (Å²) in [5, 5.41) is 12.7. The fraction of sp³-hybridized carbons (Fsp3) is 0.538. The van der Waals surface area contributed by atoms with Crippen molar-refractivity contribution in [2.75, 3.05) is 52.5 Å². The highest BCUT2D eigenvalue weighted by atomic mass is 16.5. The Morgan fingerprint density at radius 3 is 2.58 bits per heavy atom. The Morgan fingerprint density at radius 2 is 1.84 bits per heavy atom. The van der Waals surface area contributed by atoms with E-state index in [9.17, 15) is 5.11 Å². The summed E-state index contributed by atoms with van der Waals surface area (Å²) in [6.45, 7) is 13.0. The molecule has 0 bridgehead atoms. The summed E-state index contributed by atoms with van der Waals surface area (Å²) in [5.41, 5.74) is 0.988. The quantitative estimate of drug-likeness (QED) is 0.725. The summed E-state index contributed by atoms with van der Waals surface area (Å²) < 4.78 is 11.3. The van der Waals surface area contributed by atoms with Gasteiger partial charge in [0.2, 0.25) is 0 Å². The molecule has 2 aliphatic heterocycles. The van der Waals surface area contributed by atoms with Crippen LogP contribution in [0.25, 0.3) is 10.8 Å². The van der Waals surface area contributed by atoms with Crippen LogP contribution < -0.4 is 4.74 Å². The lowest BCUT2D eigenvalue weighted by Crippen LogP contribution is -2.62. The van der Waals surface area contributed by atoms with Crippen molar-refractivity contribution in [1.29, 1.82) is 0 Å². The lowest BCUT2D eigenvalue weighted by atomic mass is 9.97. The average molecular weight is 423 g/mol. The van der Waals surface area contributed by atoms with Crippen LogP contribution in [-0.4, -0.2) is 79.6 Å². The summed E-state index contributed by atoms with van der Waals surface area (Å²) in [7, 11) is 0. The lowest BCUT2D eigenvalue weighted by Gasteiger charge is -2.47. The third kappa shape index (κ3) is 6.21. The van der Waals surface area contributed by atoms with Crippen molar-refractivity contribution in [2.24, 2.45) is 5.41 Å². The standard InChI is InChI=1S/C26H34N2O3/c1-26(2,3)9-8-20-4-5-21-6-7-25(15-22(21)14-20)31-19-24(29)18-27-16-23(17-27)28-10-12-30-13-11-28/h4-7,14-15,23-24,29H,10-13,16-19H2,1-3H3. The number of aliphatic hydroxyl groups excluding tert-OH is 1. The summed E-state index contributed by atoms with van der Waals surface area (Å²) in [4.78, 5) is 4.80. The van der Waals surface area contributed by atoms with Crippen molar-refractivity contribution in [2.45, 2.75) is 32.9 Å². The molecule has 1 N–H and O–H groups in total. The van der Waals surface area contributed by atoms with Gasteiger partial charge in [0.1, 0.15) is 18.5 Å². The molecule has 0 aromatic heterocycles. The maximum atomic E-state index is 10.4. The molecule has 1 unspecified atom stereocenters. The van der Waals surface area contributed by atoms with Gasteiger partial charge in [-0.25, -0.2) is 0 Å². The van der Waals surface area contributed by atoms with Gasteiger partial charge in [-0.2, -0.15) is 0 Å². The predicted molar refractivity (Wildman–Crippen MR) is 124 cm³/mol. The smallest absolute Gasteiger partial charge is 0.120 e. The number of rotatable bonds is 6. The first-order valence-electron chi connectivity index (χ1n) is 11.3. The van der Waals surface area contributed by atoms with Crippen LogP contribution in [0.5, 0.6) is 5.75 Å². The van der Waals surface area contributed by atoms with Gasteiger partial charge < -0.3 is 14.6 Å². The number of likely N-dealkylation sites (tertiary alicyclic amines) is 1. The van der Waals surface area contributed by atoms with E-state index in [1.54, 1.807) is 0 Å². The maximum absolute atomic E-state index is 10.4. The van der Waals surface area contributed by atoms with E-state index >= 15 is 0 Å². The molecule has 0 radical (unpaired) electrons. The Labute approximate surface area is 185 Å². The van der Waals surface area contributed by atoms with Gasteiger partial charge in [-0.05, 0) is 55.8 Å². The van der Waals surface area contributed by atoms with Crippen LogP contribution >= 0.6 is 0 Å². The van der Waals surface area contributed by atoms with E-state index < -0.39 is 6.10 Å². The molecular formula is C26H34N2O3. The van der Waals surface area contributed by atoms with Crippen LogP contribution in [0.1, 0.15) is 26.3 Å². The molecule has 4 rings (SSSR count). The summed E-state index contributed by atoms with van der Waals surface area (Å²) >= 11 is 0. The number of ether oxygens (including phenoxy) is 2. The molecule has 166 valence electrons. The van der Waals surface area contributed by atoms with Gasteiger partial charge in [-0.1, -0.05) is 24.0 Å². The van der Waals surface area contributed by atoms with E-state index in [0.717, 1.165) is 61.5 Å². The highest BCUT2D eigenvalue weighted by Gasteiger charge is 2.33. The minimum Gasteiger partial charge on any atom is -0.491 e. The van der Waals surface area contributed by atoms with E-state index in [1.165, 1.54) is 0 Å². The second kappa shape index (κ2) is 9.58. The number of hydrogen-bond donors (Lipinski definition) is 1. The van der Waals surface area contributed by atoms with Crippen molar-refractivity contribution >= 4 is 10.8 Å². The number of benzene rings is 2. The zero-order valence-electron chi connectivity index (χ0n) is 18.9. The Balaban J connectivity index is 1.27. The molecule has 2 heterocycles. The summed E-state index contributed by atoms with van der Waals surface area (Å²) in [5.74, 6) is 7.32. The van der Waals surface area contributed by atoms with Crippen molar-refractivity contribution in [1.82, 2.24) is 9.80 Å². The average Bonchev–Trinajstić information content (AvgIpc) is 2.72. The molecule has 5 heteroatoms. The van der Waals surface area contributed by atoms with Gasteiger partial charge in [0, 0.05) is 49.7 Å². The number of morpholine rings is 1. The fourth-order valence-corrected chi connectivity index (χ4v) is 4.06. The van der Waals surface area contributed by atoms with Crippen LogP contribution in [0.2, 0.25) is 0 Å². The SMILES string of the molecule is CC(C)(C)C#Cc1ccc2ccc(OCC(O)CN3CC(N4CCOCC4)C3)cc2c1. The van der Waals surface area contributed by atoms with Crippen LogP contribution in [0, 0.1) is 17.3 Å². The molecule has 5 nitrogen and oxygen atoms in total. The monoisotopic (exact) mass is 422 g/mol. The second-order valence-electron chi connectivity index (χ2n) is 9.71. The van der Waals surface area contributed by atoms with Crippen molar-refractivity contribution in [3.05, 3.63) is 42.0 Å². The van der Waals surface area contributed by atoms with Crippen molar-refractivity contribution in [3.8, 4) is 17.6 Å². The molecule has 0 amide bonds. The number of hydrogen-bond acceptors (Lipinski definition) is 5. The molecular weight excluding hydrogens is 388 g/mol. The first kappa shape index (κ1) is 22.1. The van der Waals surface area contributed by atoms with E-state index in [-0.39, 0.29) is 5.41 Å². The van der Waals surface area contributed by atoms with E-state index in [1.807, 2.05) is 12.1 Å². The van der Waals surface area contributed by atoms with E-state index in [2.05, 4.69) is 66.7 Å². The third-order valence-corrected chi connectivity index (χ3v) is 5.80. The van der Waals surface area contributed by atoms with Crippen LogP contribution in [0.3, 0.4) is 0 Å². The fourth-order valence-electron chi connectivity index (χ4n) is 4.06. The third-order valence-electron chi connectivity index (χ3n) is 5.80. The molecule has 0 aliphatic carbocycles.